The van der Waals surface area contributed by atoms with Crippen LogP contribution in [0.25, 0.3) is 4.85 Å². The van der Waals surface area contributed by atoms with Crippen LogP contribution in [0, 0.1) is 12.4 Å². The maximum atomic E-state index is 14.2. The number of carbonyl (C=O) groups is 1. The summed E-state index contributed by atoms with van der Waals surface area (Å²) in [5.41, 5.74) is 3.08. The lowest BCUT2D eigenvalue weighted by Crippen LogP contribution is -2.42. The summed E-state index contributed by atoms with van der Waals surface area (Å²) in [6.45, 7) is 10.4. The molecule has 2 aromatic carbocycles. The minimum Gasteiger partial charge on any atom is -0.474 e. The number of amides is 1. The summed E-state index contributed by atoms with van der Waals surface area (Å²) >= 11 is 5.86. The highest BCUT2D eigenvalue weighted by Gasteiger charge is 2.23. The number of anilines is 2. The first kappa shape index (κ1) is 27.8. The van der Waals surface area contributed by atoms with Crippen LogP contribution in [-0.2, 0) is 16.0 Å². The molecule has 3 heterocycles. The Morgan fingerprint density at radius 1 is 1.15 bits per heavy atom. The minimum absolute atomic E-state index is 0.0193. The van der Waals surface area contributed by atoms with Crippen molar-refractivity contribution in [2.45, 2.75) is 37.9 Å². The van der Waals surface area contributed by atoms with Crippen LogP contribution in [0.4, 0.5) is 21.5 Å². The molecule has 40 heavy (non-hydrogen) atoms. The second-order valence-corrected chi connectivity index (χ2v) is 10.5. The first-order chi connectivity index (χ1) is 19.4. The summed E-state index contributed by atoms with van der Waals surface area (Å²) in [5.74, 6) is 0.0233. The second kappa shape index (κ2) is 13.1. The summed E-state index contributed by atoms with van der Waals surface area (Å²) < 4.78 is 25.8. The van der Waals surface area contributed by atoms with Gasteiger partial charge >= 0.3 is 0 Å². The molecule has 0 radical (unpaired) electrons. The van der Waals surface area contributed by atoms with Crippen LogP contribution in [0.5, 0.6) is 5.88 Å². The number of nitrogens with zero attached hydrogens (tertiary/aromatic N) is 3. The van der Waals surface area contributed by atoms with Crippen molar-refractivity contribution < 1.29 is 18.7 Å². The number of hydrogen-bond donors (Lipinski definition) is 2. The fourth-order valence-corrected chi connectivity index (χ4v) is 4.92. The zero-order valence-corrected chi connectivity index (χ0v) is 22.8. The highest BCUT2D eigenvalue weighted by atomic mass is 35.5. The molecule has 1 aromatic heterocycles. The summed E-state index contributed by atoms with van der Waals surface area (Å²) in [6, 6.07) is 15.4. The van der Waals surface area contributed by atoms with E-state index in [9.17, 15) is 9.18 Å². The lowest BCUT2D eigenvalue weighted by molar-refractivity contribution is -0.117. The Bertz CT molecular complexity index is 1390. The van der Waals surface area contributed by atoms with Crippen molar-refractivity contribution in [3.05, 3.63) is 88.1 Å². The minimum atomic E-state index is -0.355. The largest absolute Gasteiger partial charge is 0.474 e. The number of halogens is 2. The van der Waals surface area contributed by atoms with Gasteiger partial charge in [0.25, 0.3) is 0 Å². The third-order valence-corrected chi connectivity index (χ3v) is 7.31. The van der Waals surface area contributed by atoms with Crippen molar-refractivity contribution >= 4 is 34.6 Å². The molecule has 208 valence electrons. The van der Waals surface area contributed by atoms with E-state index in [-0.39, 0.29) is 30.5 Å². The van der Waals surface area contributed by atoms with Crippen molar-refractivity contribution in [1.29, 1.82) is 0 Å². The van der Waals surface area contributed by atoms with Crippen LogP contribution >= 0.6 is 11.6 Å². The molecular formula is C30H31ClFN5O3. The van der Waals surface area contributed by atoms with Gasteiger partial charge in [0.05, 0.1) is 30.6 Å². The predicted molar refractivity (Wildman–Crippen MR) is 153 cm³/mol. The van der Waals surface area contributed by atoms with E-state index in [1.54, 1.807) is 24.3 Å². The third kappa shape index (κ3) is 7.48. The molecule has 1 amide bonds. The zero-order chi connectivity index (χ0) is 27.9. The molecule has 3 aromatic rings. The van der Waals surface area contributed by atoms with E-state index in [1.807, 2.05) is 24.3 Å². The molecule has 1 atom stereocenters. The predicted octanol–water partition coefficient (Wildman–Crippen LogP) is 5.70. The molecule has 8 nitrogen and oxygen atoms in total. The molecule has 0 spiro atoms. The van der Waals surface area contributed by atoms with Gasteiger partial charge in [0.2, 0.25) is 11.8 Å². The van der Waals surface area contributed by atoms with Gasteiger partial charge in [-0.25, -0.2) is 14.2 Å². The zero-order valence-electron chi connectivity index (χ0n) is 22.0. The second-order valence-electron chi connectivity index (χ2n) is 10.0. The Morgan fingerprint density at radius 2 is 1.98 bits per heavy atom. The molecule has 5 rings (SSSR count). The fourth-order valence-electron chi connectivity index (χ4n) is 4.76. The van der Waals surface area contributed by atoms with E-state index in [4.69, 9.17) is 27.6 Å². The number of aromatic nitrogens is 1. The Kier molecular flexibility index (Phi) is 9.12. The number of carbonyl (C=O) groups excluding carboxylic acids is 1. The smallest absolute Gasteiger partial charge is 0.238 e. The molecular weight excluding hydrogens is 533 g/mol. The van der Waals surface area contributed by atoms with Crippen LogP contribution < -0.4 is 15.4 Å². The van der Waals surface area contributed by atoms with E-state index in [1.165, 1.54) is 6.07 Å². The number of pyridine rings is 1. The molecule has 2 saturated heterocycles. The van der Waals surface area contributed by atoms with Gasteiger partial charge in [0.1, 0.15) is 11.9 Å². The summed E-state index contributed by atoms with van der Waals surface area (Å²) in [6.07, 6.45) is 3.03. The van der Waals surface area contributed by atoms with Crippen LogP contribution in [-0.4, -0.2) is 60.8 Å². The number of piperidine rings is 1. The molecule has 0 saturated carbocycles. The Labute approximate surface area is 238 Å². The Morgan fingerprint density at radius 3 is 2.70 bits per heavy atom. The van der Waals surface area contributed by atoms with Gasteiger partial charge in [-0.3, -0.25) is 9.69 Å². The van der Waals surface area contributed by atoms with Crippen molar-refractivity contribution in [1.82, 2.24) is 9.88 Å². The topological polar surface area (TPSA) is 80.1 Å². The highest BCUT2D eigenvalue weighted by molar-refractivity contribution is 6.30. The van der Waals surface area contributed by atoms with E-state index in [2.05, 4.69) is 25.4 Å². The normalized spacial score (nSPS) is 17.5. The summed E-state index contributed by atoms with van der Waals surface area (Å²) in [7, 11) is 0. The molecule has 2 aliphatic heterocycles. The first-order valence-electron chi connectivity index (χ1n) is 13.4. The highest BCUT2D eigenvalue weighted by Crippen LogP contribution is 2.28. The summed E-state index contributed by atoms with van der Waals surface area (Å²) in [4.78, 5) is 23.0. The maximum absolute atomic E-state index is 14.2. The van der Waals surface area contributed by atoms with Gasteiger partial charge in [-0.15, -0.1) is 0 Å². The van der Waals surface area contributed by atoms with Gasteiger partial charge in [-0.05, 0) is 55.2 Å². The van der Waals surface area contributed by atoms with Gasteiger partial charge in [0, 0.05) is 49.4 Å². The summed E-state index contributed by atoms with van der Waals surface area (Å²) in [5, 5.41) is 6.66. The Balaban J connectivity index is 1.10. The molecule has 0 aliphatic carbocycles. The molecule has 2 N–H and O–H groups in total. The number of ether oxygens (including phenoxy) is 2. The number of likely N-dealkylation sites (tertiary alicyclic amines) is 1. The van der Waals surface area contributed by atoms with Crippen molar-refractivity contribution in [3.8, 4) is 5.88 Å². The van der Waals surface area contributed by atoms with Crippen molar-refractivity contribution in [2.75, 3.05) is 43.4 Å². The van der Waals surface area contributed by atoms with Gasteiger partial charge < -0.3 is 20.1 Å². The Hall–Kier alpha value is -3.71. The molecule has 0 unspecified atom stereocenters. The van der Waals surface area contributed by atoms with Crippen LogP contribution in [0.15, 0.2) is 54.6 Å². The molecule has 10 heteroatoms. The standard InChI is InChI=1S/C30H31ClFN5O3/c1-33-22-7-8-27(34-18-25-11-14-39-25)28(17-22)36-29(38)19-37-12-9-24(10-13-37)40-30-4-2-3-23(35-30)15-20-5-6-21(31)16-26(20)32/h2-8,16-17,24-25,34H,9-15,18-19H2,(H,36,38)/t25-/m0/s1. The molecule has 2 fully saturated rings. The third-order valence-electron chi connectivity index (χ3n) is 7.08. The van der Waals surface area contributed by atoms with Crippen LogP contribution in [0.1, 0.15) is 30.5 Å². The number of benzene rings is 2. The van der Waals surface area contributed by atoms with Gasteiger partial charge in [0.15, 0.2) is 5.69 Å². The number of nitrogens with one attached hydrogen (secondary N) is 2. The van der Waals surface area contributed by atoms with Gasteiger partial charge in [-0.1, -0.05) is 29.8 Å². The van der Waals surface area contributed by atoms with Gasteiger partial charge in [-0.2, -0.15) is 0 Å². The number of hydrogen-bond acceptors (Lipinski definition) is 6. The lowest BCUT2D eigenvalue weighted by Gasteiger charge is -2.31. The van der Waals surface area contributed by atoms with Crippen LogP contribution in [0.3, 0.4) is 0 Å². The monoisotopic (exact) mass is 563 g/mol. The SMILES string of the molecule is [C-]#[N+]c1ccc(NC[C@@H]2CCO2)c(NC(=O)CN2CCC(Oc3cccc(Cc4ccc(Cl)cc4F)n3)CC2)c1. The lowest BCUT2D eigenvalue weighted by atomic mass is 10.1. The molecule has 0 bridgehead atoms. The van der Waals surface area contributed by atoms with E-state index in [0.717, 1.165) is 31.6 Å². The van der Waals surface area contributed by atoms with Crippen LogP contribution in [0.2, 0.25) is 5.02 Å². The van der Waals surface area contributed by atoms with Crippen molar-refractivity contribution in [3.63, 3.8) is 0 Å². The first-order valence-corrected chi connectivity index (χ1v) is 13.8. The fraction of sp³-hybridized carbons (Fsp3) is 0.367. The number of rotatable bonds is 10. The van der Waals surface area contributed by atoms with Crippen molar-refractivity contribution in [2.24, 2.45) is 0 Å². The molecule has 2 aliphatic rings. The average molecular weight is 564 g/mol. The maximum Gasteiger partial charge on any atom is 0.238 e. The quantitative estimate of drug-likeness (QED) is 0.308. The average Bonchev–Trinajstić information content (AvgIpc) is 2.91. The van der Waals surface area contributed by atoms with E-state index >= 15 is 0 Å². The van der Waals surface area contributed by atoms with E-state index in [0.29, 0.717) is 59.6 Å². The van der Waals surface area contributed by atoms with E-state index < -0.39 is 0 Å².